The summed E-state index contributed by atoms with van der Waals surface area (Å²) >= 11 is 3.49. The molecule has 1 saturated heterocycles. The largest absolute Gasteiger partial charge is 0.493 e. The molecule has 2 aromatic carbocycles. The number of anilines is 2. The molecule has 0 radical (unpaired) electrons. The zero-order valence-corrected chi connectivity index (χ0v) is 17.3. The third kappa shape index (κ3) is 5.71. The van der Waals surface area contributed by atoms with Gasteiger partial charge in [0, 0.05) is 17.6 Å². The van der Waals surface area contributed by atoms with Crippen LogP contribution in [0.1, 0.15) is 17.5 Å². The van der Waals surface area contributed by atoms with Gasteiger partial charge in [0.05, 0.1) is 37.6 Å². The van der Waals surface area contributed by atoms with Gasteiger partial charge in [0.15, 0.2) is 0 Å². The van der Waals surface area contributed by atoms with E-state index in [2.05, 4.69) is 32.2 Å². The van der Waals surface area contributed by atoms with Gasteiger partial charge in [0.2, 0.25) is 5.91 Å². The maximum Gasteiger partial charge on any atom is 0.227 e. The summed E-state index contributed by atoms with van der Waals surface area (Å²) in [5.74, 6) is 0.740. The van der Waals surface area contributed by atoms with Crippen molar-refractivity contribution in [3.63, 3.8) is 0 Å². The Morgan fingerprint density at radius 2 is 1.85 bits per heavy atom. The molecule has 1 heterocycles. The highest BCUT2D eigenvalue weighted by Gasteiger charge is 2.16. The molecule has 2 aromatic rings. The van der Waals surface area contributed by atoms with E-state index in [0.29, 0.717) is 26.2 Å². The second kappa shape index (κ2) is 9.24. The number of carbonyl (C=O) groups excluding carboxylic acids is 1. The quantitative estimate of drug-likeness (QED) is 0.738. The molecule has 0 atom stereocenters. The lowest BCUT2D eigenvalue weighted by atomic mass is 10.1. The lowest BCUT2D eigenvalue weighted by Crippen LogP contribution is -2.36. The number of aryl methyl sites for hydroxylation is 2. The van der Waals surface area contributed by atoms with E-state index >= 15 is 0 Å². The predicted octanol–water partition coefficient (Wildman–Crippen LogP) is 4.31. The van der Waals surface area contributed by atoms with Crippen LogP contribution in [0.4, 0.5) is 11.4 Å². The molecule has 1 aliphatic heterocycles. The van der Waals surface area contributed by atoms with Gasteiger partial charge in [-0.1, -0.05) is 22.0 Å². The van der Waals surface area contributed by atoms with Crippen LogP contribution in [0.15, 0.2) is 40.9 Å². The maximum absolute atomic E-state index is 12.4. The molecule has 144 valence electrons. The van der Waals surface area contributed by atoms with Crippen LogP contribution in [0.5, 0.6) is 5.75 Å². The summed E-state index contributed by atoms with van der Waals surface area (Å²) < 4.78 is 12.1. The van der Waals surface area contributed by atoms with Crippen LogP contribution < -0.4 is 15.0 Å². The first-order chi connectivity index (χ1) is 13.0. The Labute approximate surface area is 168 Å². The molecule has 1 amide bonds. The van der Waals surface area contributed by atoms with E-state index < -0.39 is 0 Å². The van der Waals surface area contributed by atoms with Gasteiger partial charge in [-0.05, 0) is 55.3 Å². The maximum atomic E-state index is 12.4. The van der Waals surface area contributed by atoms with Crippen molar-refractivity contribution < 1.29 is 14.3 Å². The van der Waals surface area contributed by atoms with Crippen molar-refractivity contribution in [1.82, 2.24) is 0 Å². The summed E-state index contributed by atoms with van der Waals surface area (Å²) in [6.07, 6.45) is 0.294. The number of halogens is 1. The minimum absolute atomic E-state index is 0.0630. The number of ether oxygens (including phenoxy) is 2. The minimum atomic E-state index is -0.0630. The van der Waals surface area contributed by atoms with Crippen LogP contribution in [-0.2, 0) is 9.53 Å². The van der Waals surface area contributed by atoms with Crippen LogP contribution in [0.3, 0.4) is 0 Å². The van der Waals surface area contributed by atoms with Crippen LogP contribution in [0.2, 0.25) is 0 Å². The highest BCUT2D eigenvalue weighted by Crippen LogP contribution is 2.30. The van der Waals surface area contributed by atoms with E-state index in [0.717, 1.165) is 45.8 Å². The van der Waals surface area contributed by atoms with Gasteiger partial charge in [-0.2, -0.15) is 0 Å². The minimum Gasteiger partial charge on any atom is -0.493 e. The Bertz CT molecular complexity index is 784. The number of nitrogens with one attached hydrogen (secondary N) is 1. The molecule has 1 aliphatic rings. The van der Waals surface area contributed by atoms with Crippen molar-refractivity contribution in [2.75, 3.05) is 43.1 Å². The summed E-state index contributed by atoms with van der Waals surface area (Å²) in [5, 5.41) is 3.03. The predicted molar refractivity (Wildman–Crippen MR) is 112 cm³/mol. The molecular formula is C21H25BrN2O3. The van der Waals surface area contributed by atoms with Crippen molar-refractivity contribution in [3.8, 4) is 5.75 Å². The van der Waals surface area contributed by atoms with Crippen LogP contribution >= 0.6 is 15.9 Å². The number of nitrogens with zero attached hydrogens (tertiary/aromatic N) is 1. The van der Waals surface area contributed by atoms with Crippen molar-refractivity contribution in [3.05, 3.63) is 52.0 Å². The monoisotopic (exact) mass is 432 g/mol. The molecule has 3 rings (SSSR count). The average Bonchev–Trinajstić information content (AvgIpc) is 2.62. The first kappa shape index (κ1) is 19.7. The van der Waals surface area contributed by atoms with E-state index in [9.17, 15) is 4.79 Å². The van der Waals surface area contributed by atoms with Crippen LogP contribution in [0, 0.1) is 13.8 Å². The number of morpholine rings is 1. The van der Waals surface area contributed by atoms with Gasteiger partial charge in [-0.25, -0.2) is 0 Å². The number of rotatable bonds is 6. The summed E-state index contributed by atoms with van der Waals surface area (Å²) in [6.45, 7) is 7.46. The number of hydrogen-bond donors (Lipinski definition) is 1. The third-order valence-corrected chi connectivity index (χ3v) is 4.87. The van der Waals surface area contributed by atoms with E-state index in [4.69, 9.17) is 9.47 Å². The molecule has 0 spiro atoms. The molecule has 0 saturated carbocycles. The first-order valence-corrected chi connectivity index (χ1v) is 9.94. The molecular weight excluding hydrogens is 408 g/mol. The van der Waals surface area contributed by atoms with E-state index in [-0.39, 0.29) is 5.91 Å². The van der Waals surface area contributed by atoms with Crippen molar-refractivity contribution >= 4 is 33.2 Å². The Morgan fingerprint density at radius 3 is 2.56 bits per heavy atom. The summed E-state index contributed by atoms with van der Waals surface area (Å²) in [7, 11) is 0. The molecule has 0 unspecified atom stereocenters. The summed E-state index contributed by atoms with van der Waals surface area (Å²) in [6, 6.07) is 12.0. The first-order valence-electron chi connectivity index (χ1n) is 9.14. The number of hydrogen-bond acceptors (Lipinski definition) is 4. The fraction of sp³-hybridized carbons (Fsp3) is 0.381. The van der Waals surface area contributed by atoms with Gasteiger partial charge < -0.3 is 19.7 Å². The Balaban J connectivity index is 1.59. The second-order valence-corrected chi connectivity index (χ2v) is 7.65. The Hall–Kier alpha value is -2.05. The summed E-state index contributed by atoms with van der Waals surface area (Å²) in [4.78, 5) is 14.7. The van der Waals surface area contributed by atoms with Crippen molar-refractivity contribution in [2.24, 2.45) is 0 Å². The van der Waals surface area contributed by atoms with Crippen molar-refractivity contribution in [2.45, 2.75) is 20.3 Å². The van der Waals surface area contributed by atoms with E-state index in [1.165, 1.54) is 0 Å². The lowest BCUT2D eigenvalue weighted by Gasteiger charge is -2.30. The molecule has 27 heavy (non-hydrogen) atoms. The second-order valence-electron chi connectivity index (χ2n) is 6.73. The third-order valence-electron chi connectivity index (χ3n) is 4.38. The van der Waals surface area contributed by atoms with E-state index in [1.807, 2.05) is 44.2 Å². The molecule has 1 N–H and O–H groups in total. The van der Waals surface area contributed by atoms with Gasteiger partial charge in [-0.15, -0.1) is 0 Å². The highest BCUT2D eigenvalue weighted by atomic mass is 79.9. The van der Waals surface area contributed by atoms with Gasteiger partial charge in [0.1, 0.15) is 5.75 Å². The number of amides is 1. The van der Waals surface area contributed by atoms with Crippen LogP contribution in [-0.4, -0.2) is 38.8 Å². The summed E-state index contributed by atoms with van der Waals surface area (Å²) in [5.41, 5.74) is 4.13. The van der Waals surface area contributed by atoms with Gasteiger partial charge in [0.25, 0.3) is 0 Å². The molecule has 5 nitrogen and oxygen atoms in total. The van der Waals surface area contributed by atoms with Gasteiger partial charge >= 0.3 is 0 Å². The zero-order valence-electron chi connectivity index (χ0n) is 15.8. The van der Waals surface area contributed by atoms with Gasteiger partial charge in [-0.3, -0.25) is 4.79 Å². The normalized spacial score (nSPS) is 14.1. The fourth-order valence-electron chi connectivity index (χ4n) is 3.18. The van der Waals surface area contributed by atoms with Crippen LogP contribution in [0.25, 0.3) is 0 Å². The fourth-order valence-corrected chi connectivity index (χ4v) is 3.54. The standard InChI is InChI=1S/C21H25BrN2O3/c1-15-11-16(2)13-18(12-15)27-8-5-21(25)23-19-14-17(22)3-4-20(19)24-6-9-26-10-7-24/h3-4,11-14H,5-10H2,1-2H3,(H,23,25). The molecule has 0 aromatic heterocycles. The Morgan fingerprint density at radius 1 is 1.15 bits per heavy atom. The Kier molecular flexibility index (Phi) is 6.74. The molecule has 6 heteroatoms. The van der Waals surface area contributed by atoms with E-state index in [1.54, 1.807) is 0 Å². The number of benzene rings is 2. The lowest BCUT2D eigenvalue weighted by molar-refractivity contribution is -0.116. The SMILES string of the molecule is Cc1cc(C)cc(OCCC(=O)Nc2cc(Br)ccc2N2CCOCC2)c1. The van der Waals surface area contributed by atoms with Crippen molar-refractivity contribution in [1.29, 1.82) is 0 Å². The molecule has 0 aliphatic carbocycles. The smallest absolute Gasteiger partial charge is 0.227 e. The number of carbonyl (C=O) groups is 1. The average molecular weight is 433 g/mol. The zero-order chi connectivity index (χ0) is 19.2. The molecule has 0 bridgehead atoms. The molecule has 1 fully saturated rings. The highest BCUT2D eigenvalue weighted by molar-refractivity contribution is 9.10. The topological polar surface area (TPSA) is 50.8 Å².